The van der Waals surface area contributed by atoms with E-state index in [1.54, 1.807) is 0 Å². The molecule has 2 N–H and O–H groups in total. The smallest absolute Gasteiger partial charge is 0.0511 e. The molecule has 1 aromatic carbocycles. The molecule has 1 aromatic heterocycles. The van der Waals surface area contributed by atoms with E-state index in [2.05, 4.69) is 60.3 Å². The summed E-state index contributed by atoms with van der Waals surface area (Å²) in [5.74, 6) is 0. The zero-order valence-electron chi connectivity index (χ0n) is 12.9. The van der Waals surface area contributed by atoms with Crippen LogP contribution in [0.25, 0.3) is 0 Å². The Labute approximate surface area is 127 Å². The maximum absolute atomic E-state index is 6.35. The molecule has 2 unspecified atom stereocenters. The van der Waals surface area contributed by atoms with Crippen LogP contribution in [0.15, 0.2) is 54.9 Å². The Balaban J connectivity index is 2.06. The van der Waals surface area contributed by atoms with Crippen LogP contribution in [0.5, 0.6) is 0 Å². The van der Waals surface area contributed by atoms with Gasteiger partial charge >= 0.3 is 0 Å². The topological polar surface area (TPSA) is 42.1 Å². The molecule has 0 radical (unpaired) electrons. The van der Waals surface area contributed by atoms with E-state index in [1.165, 1.54) is 11.1 Å². The summed E-state index contributed by atoms with van der Waals surface area (Å²) < 4.78 is 0. The number of likely N-dealkylation sites (N-methyl/N-ethyl adjacent to an activating group) is 1. The summed E-state index contributed by atoms with van der Waals surface area (Å²) in [6.07, 6.45) is 5.72. The van der Waals surface area contributed by atoms with Crippen LogP contribution in [0.4, 0.5) is 0 Å². The van der Waals surface area contributed by atoms with Crippen LogP contribution in [0, 0.1) is 0 Å². The fraction of sp³-hybridized carbons (Fsp3) is 0.389. The van der Waals surface area contributed by atoms with Crippen LogP contribution in [-0.4, -0.2) is 29.5 Å². The van der Waals surface area contributed by atoms with Crippen LogP contribution >= 0.6 is 0 Å². The number of nitrogens with two attached hydrogens (primary N) is 1. The Morgan fingerprint density at radius 1 is 1.14 bits per heavy atom. The molecule has 3 nitrogen and oxygen atoms in total. The summed E-state index contributed by atoms with van der Waals surface area (Å²) in [4.78, 5) is 6.59. The zero-order valence-corrected chi connectivity index (χ0v) is 12.9. The Kier molecular flexibility index (Phi) is 5.90. The van der Waals surface area contributed by atoms with Gasteiger partial charge in [0.15, 0.2) is 0 Å². The third-order valence-electron chi connectivity index (χ3n) is 3.97. The molecular weight excluding hydrogens is 258 g/mol. The highest BCUT2D eigenvalue weighted by Crippen LogP contribution is 2.23. The van der Waals surface area contributed by atoms with Gasteiger partial charge in [-0.2, -0.15) is 0 Å². The standard InChI is InChI=1S/C18H25N3/c1-3-17(19)18(16-10-7-12-20-14-16)21(2)13-11-15-8-5-4-6-9-15/h4-10,12,14,17-18H,3,11,13,19H2,1-2H3. The minimum Gasteiger partial charge on any atom is -0.326 e. The van der Waals surface area contributed by atoms with Gasteiger partial charge in [-0.05, 0) is 37.1 Å². The molecule has 0 fully saturated rings. The molecule has 0 amide bonds. The monoisotopic (exact) mass is 283 g/mol. The number of aromatic nitrogens is 1. The first kappa shape index (κ1) is 15.7. The predicted octanol–water partition coefficient (Wildman–Crippen LogP) is 3.03. The van der Waals surface area contributed by atoms with E-state index in [9.17, 15) is 0 Å². The molecule has 0 aliphatic rings. The van der Waals surface area contributed by atoms with Gasteiger partial charge in [-0.25, -0.2) is 0 Å². The van der Waals surface area contributed by atoms with Crippen molar-refractivity contribution in [1.82, 2.24) is 9.88 Å². The molecule has 21 heavy (non-hydrogen) atoms. The van der Waals surface area contributed by atoms with Crippen molar-refractivity contribution in [3.63, 3.8) is 0 Å². The Morgan fingerprint density at radius 3 is 2.52 bits per heavy atom. The molecule has 0 saturated heterocycles. The van der Waals surface area contributed by atoms with Crippen molar-refractivity contribution < 1.29 is 0 Å². The zero-order chi connectivity index (χ0) is 15.1. The van der Waals surface area contributed by atoms with Crippen molar-refractivity contribution in [2.75, 3.05) is 13.6 Å². The highest BCUT2D eigenvalue weighted by atomic mass is 15.1. The number of benzene rings is 1. The summed E-state index contributed by atoms with van der Waals surface area (Å²) in [7, 11) is 2.15. The van der Waals surface area contributed by atoms with E-state index in [1.807, 2.05) is 18.5 Å². The molecule has 0 saturated carbocycles. The van der Waals surface area contributed by atoms with Crippen LogP contribution in [0.1, 0.15) is 30.5 Å². The summed E-state index contributed by atoms with van der Waals surface area (Å²) in [6.45, 7) is 3.12. The summed E-state index contributed by atoms with van der Waals surface area (Å²) >= 11 is 0. The first-order chi connectivity index (χ1) is 10.2. The lowest BCUT2D eigenvalue weighted by Gasteiger charge is -2.32. The van der Waals surface area contributed by atoms with Gasteiger partial charge in [0.2, 0.25) is 0 Å². The van der Waals surface area contributed by atoms with Crippen molar-refractivity contribution in [1.29, 1.82) is 0 Å². The van der Waals surface area contributed by atoms with E-state index in [-0.39, 0.29) is 12.1 Å². The first-order valence-electron chi connectivity index (χ1n) is 7.62. The average molecular weight is 283 g/mol. The quantitative estimate of drug-likeness (QED) is 0.849. The van der Waals surface area contributed by atoms with Crippen LogP contribution < -0.4 is 5.73 Å². The molecular formula is C18H25N3. The van der Waals surface area contributed by atoms with Crippen molar-refractivity contribution >= 4 is 0 Å². The fourth-order valence-electron chi connectivity index (χ4n) is 2.69. The number of hydrogen-bond donors (Lipinski definition) is 1. The third-order valence-corrected chi connectivity index (χ3v) is 3.97. The van der Waals surface area contributed by atoms with Gasteiger partial charge in [0, 0.05) is 25.0 Å². The predicted molar refractivity (Wildman–Crippen MR) is 88.0 cm³/mol. The average Bonchev–Trinajstić information content (AvgIpc) is 2.55. The van der Waals surface area contributed by atoms with Gasteiger partial charge in [-0.15, -0.1) is 0 Å². The third kappa shape index (κ3) is 4.38. The van der Waals surface area contributed by atoms with Gasteiger partial charge < -0.3 is 5.73 Å². The fourth-order valence-corrected chi connectivity index (χ4v) is 2.69. The minimum absolute atomic E-state index is 0.120. The highest BCUT2D eigenvalue weighted by Gasteiger charge is 2.22. The van der Waals surface area contributed by atoms with Crippen molar-refractivity contribution in [3.05, 3.63) is 66.0 Å². The Hall–Kier alpha value is -1.71. The normalized spacial score (nSPS) is 14.1. The minimum atomic E-state index is 0.120. The summed E-state index contributed by atoms with van der Waals surface area (Å²) in [5, 5.41) is 0. The SMILES string of the molecule is CCC(N)C(c1cccnc1)N(C)CCc1ccccc1. The van der Waals surface area contributed by atoms with E-state index < -0.39 is 0 Å². The maximum atomic E-state index is 6.35. The number of pyridine rings is 1. The van der Waals surface area contributed by atoms with E-state index >= 15 is 0 Å². The molecule has 112 valence electrons. The first-order valence-corrected chi connectivity index (χ1v) is 7.62. The van der Waals surface area contributed by atoms with E-state index in [0.717, 1.165) is 19.4 Å². The summed E-state index contributed by atoms with van der Waals surface area (Å²) in [5.41, 5.74) is 8.91. The number of hydrogen-bond acceptors (Lipinski definition) is 3. The van der Waals surface area contributed by atoms with Gasteiger partial charge in [-0.1, -0.05) is 43.3 Å². The molecule has 2 aromatic rings. The Bertz CT molecular complexity index is 513. The number of nitrogens with zero attached hydrogens (tertiary/aromatic N) is 2. The van der Waals surface area contributed by atoms with Crippen molar-refractivity contribution in [2.45, 2.75) is 31.8 Å². The molecule has 0 aliphatic heterocycles. The van der Waals surface area contributed by atoms with Crippen LogP contribution in [0.2, 0.25) is 0 Å². The van der Waals surface area contributed by atoms with Gasteiger partial charge in [0.05, 0.1) is 6.04 Å². The second-order valence-corrected chi connectivity index (χ2v) is 5.52. The van der Waals surface area contributed by atoms with Crippen LogP contribution in [0.3, 0.4) is 0 Å². The van der Waals surface area contributed by atoms with Crippen LogP contribution in [-0.2, 0) is 6.42 Å². The van der Waals surface area contributed by atoms with Crippen molar-refractivity contribution in [2.24, 2.45) is 5.73 Å². The second-order valence-electron chi connectivity index (χ2n) is 5.52. The molecule has 0 aliphatic carbocycles. The molecule has 0 spiro atoms. The molecule has 0 bridgehead atoms. The second kappa shape index (κ2) is 7.91. The van der Waals surface area contributed by atoms with Gasteiger partial charge in [-0.3, -0.25) is 9.88 Å². The molecule has 2 atom stereocenters. The molecule has 2 rings (SSSR count). The number of rotatable bonds is 7. The maximum Gasteiger partial charge on any atom is 0.0511 e. The molecule has 3 heteroatoms. The lowest BCUT2D eigenvalue weighted by Crippen LogP contribution is -2.39. The summed E-state index contributed by atoms with van der Waals surface area (Å²) in [6, 6.07) is 15.0. The van der Waals surface area contributed by atoms with Gasteiger partial charge in [0.1, 0.15) is 0 Å². The lowest BCUT2D eigenvalue weighted by molar-refractivity contribution is 0.211. The van der Waals surface area contributed by atoms with Crippen molar-refractivity contribution in [3.8, 4) is 0 Å². The van der Waals surface area contributed by atoms with E-state index in [0.29, 0.717) is 0 Å². The lowest BCUT2D eigenvalue weighted by atomic mass is 9.97. The van der Waals surface area contributed by atoms with E-state index in [4.69, 9.17) is 5.73 Å². The molecule has 1 heterocycles. The van der Waals surface area contributed by atoms with Gasteiger partial charge in [0.25, 0.3) is 0 Å². The Morgan fingerprint density at radius 2 is 1.90 bits per heavy atom. The highest BCUT2D eigenvalue weighted by molar-refractivity contribution is 5.17. The largest absolute Gasteiger partial charge is 0.326 e.